The number of hydrogen-bond donors (Lipinski definition) is 1. The van der Waals surface area contributed by atoms with Crippen LogP contribution in [0.3, 0.4) is 0 Å². The van der Waals surface area contributed by atoms with Crippen molar-refractivity contribution in [2.75, 3.05) is 0 Å². The van der Waals surface area contributed by atoms with Crippen molar-refractivity contribution in [2.45, 2.75) is 89.6 Å². The fraction of sp³-hybridized carbons (Fsp3) is 0.737. The fourth-order valence-corrected chi connectivity index (χ4v) is 3.84. The fourth-order valence-electron chi connectivity index (χ4n) is 3.84. The van der Waals surface area contributed by atoms with Gasteiger partial charge >= 0.3 is 6.09 Å². The standard InChI is InChI=1S/C19H26F2N4O3/c1-12-9-14-13(10-24(12)16(26)28-17(2,3)4)15-19(20,21)6-5-18(27,7-8-22)11-25(15)23-14/h12,27H,5-7,9-11H2,1-4H3/t12-,18?/m1/s1. The predicted octanol–water partition coefficient (Wildman–Crippen LogP) is 3.10. The van der Waals surface area contributed by atoms with E-state index in [1.807, 2.05) is 13.0 Å². The lowest BCUT2D eigenvalue weighted by Crippen LogP contribution is -2.45. The van der Waals surface area contributed by atoms with Crippen LogP contribution >= 0.6 is 0 Å². The van der Waals surface area contributed by atoms with Gasteiger partial charge in [-0.25, -0.2) is 4.79 Å². The Balaban J connectivity index is 1.99. The highest BCUT2D eigenvalue weighted by molar-refractivity contribution is 5.69. The number of rotatable bonds is 1. The molecule has 1 unspecified atom stereocenters. The van der Waals surface area contributed by atoms with Gasteiger partial charge in [0.1, 0.15) is 11.3 Å². The van der Waals surface area contributed by atoms with Crippen molar-refractivity contribution < 1.29 is 23.4 Å². The van der Waals surface area contributed by atoms with Crippen LogP contribution in [0.2, 0.25) is 0 Å². The number of nitriles is 1. The molecule has 0 aliphatic carbocycles. The molecule has 9 heteroatoms. The first-order valence-corrected chi connectivity index (χ1v) is 9.41. The van der Waals surface area contributed by atoms with Gasteiger partial charge in [-0.15, -0.1) is 0 Å². The Morgan fingerprint density at radius 1 is 1.43 bits per heavy atom. The van der Waals surface area contributed by atoms with Crippen LogP contribution in [0.25, 0.3) is 0 Å². The van der Waals surface area contributed by atoms with E-state index in [1.54, 1.807) is 20.8 Å². The molecule has 2 aliphatic heterocycles. The molecule has 0 aromatic carbocycles. The number of carbonyl (C=O) groups is 1. The molecule has 1 N–H and O–H groups in total. The Labute approximate surface area is 162 Å². The number of carbonyl (C=O) groups excluding carboxylic acids is 1. The first kappa shape index (κ1) is 20.5. The highest BCUT2D eigenvalue weighted by atomic mass is 19.3. The van der Waals surface area contributed by atoms with Crippen LogP contribution in [0.1, 0.15) is 63.9 Å². The lowest BCUT2D eigenvalue weighted by Gasteiger charge is -2.35. The highest BCUT2D eigenvalue weighted by Crippen LogP contribution is 2.43. The Morgan fingerprint density at radius 3 is 2.71 bits per heavy atom. The lowest BCUT2D eigenvalue weighted by molar-refractivity contribution is -0.0399. The first-order valence-electron chi connectivity index (χ1n) is 9.41. The second-order valence-electron chi connectivity index (χ2n) is 8.86. The average molecular weight is 396 g/mol. The van der Waals surface area contributed by atoms with Crippen LogP contribution in [0.5, 0.6) is 0 Å². The maximum Gasteiger partial charge on any atom is 0.410 e. The maximum absolute atomic E-state index is 15.0. The first-order chi connectivity index (χ1) is 12.9. The van der Waals surface area contributed by atoms with Gasteiger partial charge in [-0.05, 0) is 34.1 Å². The van der Waals surface area contributed by atoms with E-state index in [1.165, 1.54) is 4.90 Å². The van der Waals surface area contributed by atoms with Gasteiger partial charge in [0.2, 0.25) is 0 Å². The topological polar surface area (TPSA) is 91.4 Å². The zero-order chi connectivity index (χ0) is 20.9. The summed E-state index contributed by atoms with van der Waals surface area (Å²) in [4.78, 5) is 14.0. The molecule has 154 valence electrons. The van der Waals surface area contributed by atoms with E-state index in [0.29, 0.717) is 17.7 Å². The summed E-state index contributed by atoms with van der Waals surface area (Å²) in [5, 5.41) is 23.9. The summed E-state index contributed by atoms with van der Waals surface area (Å²) in [7, 11) is 0. The van der Waals surface area contributed by atoms with E-state index in [2.05, 4.69) is 5.10 Å². The number of ether oxygens (including phenoxy) is 1. The number of hydrogen-bond acceptors (Lipinski definition) is 5. The van der Waals surface area contributed by atoms with Crippen LogP contribution in [0.4, 0.5) is 13.6 Å². The largest absolute Gasteiger partial charge is 0.444 e. The molecule has 7 nitrogen and oxygen atoms in total. The van der Waals surface area contributed by atoms with Crippen LogP contribution in [-0.4, -0.2) is 43.1 Å². The Kier molecular flexibility index (Phi) is 4.90. The zero-order valence-electron chi connectivity index (χ0n) is 16.6. The van der Waals surface area contributed by atoms with Gasteiger partial charge in [-0.1, -0.05) is 0 Å². The third-order valence-electron chi connectivity index (χ3n) is 5.21. The summed E-state index contributed by atoms with van der Waals surface area (Å²) in [5.74, 6) is -3.21. The SMILES string of the molecule is C[C@@H]1Cc2nn3c(c2CN1C(=O)OC(C)(C)C)C(F)(F)CCC(O)(CC#N)C3. The number of nitrogens with zero attached hydrogens (tertiary/aromatic N) is 4. The number of aromatic nitrogens is 2. The molecule has 3 heterocycles. The summed E-state index contributed by atoms with van der Waals surface area (Å²) in [6.45, 7) is 6.89. The Morgan fingerprint density at radius 2 is 2.11 bits per heavy atom. The number of halogens is 2. The van der Waals surface area contributed by atoms with Crippen LogP contribution in [0, 0.1) is 11.3 Å². The summed E-state index contributed by atoms with van der Waals surface area (Å²) >= 11 is 0. The third kappa shape index (κ3) is 3.83. The summed E-state index contributed by atoms with van der Waals surface area (Å²) in [6, 6.07) is 1.61. The van der Waals surface area contributed by atoms with Gasteiger partial charge in [0.05, 0.1) is 36.9 Å². The molecule has 2 atom stereocenters. The molecule has 0 saturated carbocycles. The average Bonchev–Trinajstić information content (AvgIpc) is 2.83. The second kappa shape index (κ2) is 6.69. The van der Waals surface area contributed by atoms with Crippen molar-refractivity contribution in [1.82, 2.24) is 14.7 Å². The van der Waals surface area contributed by atoms with Crippen LogP contribution in [0.15, 0.2) is 0 Å². The van der Waals surface area contributed by atoms with Crippen LogP contribution < -0.4 is 0 Å². The van der Waals surface area contributed by atoms with Crippen LogP contribution in [-0.2, 0) is 30.2 Å². The third-order valence-corrected chi connectivity index (χ3v) is 5.21. The maximum atomic E-state index is 15.0. The number of amides is 1. The number of aliphatic hydroxyl groups is 1. The minimum atomic E-state index is -3.21. The van der Waals surface area contributed by atoms with E-state index < -0.39 is 29.6 Å². The number of alkyl halides is 2. The van der Waals surface area contributed by atoms with Crippen molar-refractivity contribution in [2.24, 2.45) is 0 Å². The molecular weight excluding hydrogens is 370 g/mol. The molecule has 1 aromatic rings. The molecule has 0 saturated heterocycles. The predicted molar refractivity (Wildman–Crippen MR) is 95.5 cm³/mol. The van der Waals surface area contributed by atoms with Gasteiger partial charge in [0.15, 0.2) is 0 Å². The molecule has 0 spiro atoms. The second-order valence-corrected chi connectivity index (χ2v) is 8.86. The molecular formula is C19H26F2N4O3. The monoisotopic (exact) mass is 396 g/mol. The zero-order valence-corrected chi connectivity index (χ0v) is 16.6. The summed E-state index contributed by atoms with van der Waals surface area (Å²) in [5.41, 5.74) is -1.69. The molecule has 1 aromatic heterocycles. The quantitative estimate of drug-likeness (QED) is 0.788. The Hall–Kier alpha value is -2.21. The van der Waals surface area contributed by atoms with Gasteiger partial charge < -0.3 is 14.7 Å². The van der Waals surface area contributed by atoms with E-state index >= 15 is 0 Å². The van der Waals surface area contributed by atoms with Gasteiger partial charge in [0, 0.05) is 24.4 Å². The van der Waals surface area contributed by atoms with Crippen molar-refractivity contribution in [3.63, 3.8) is 0 Å². The van der Waals surface area contributed by atoms with E-state index in [0.717, 1.165) is 4.68 Å². The van der Waals surface area contributed by atoms with Gasteiger partial charge in [-0.2, -0.15) is 19.1 Å². The number of fused-ring (bicyclic) bond motifs is 3. The molecule has 0 radical (unpaired) electrons. The van der Waals surface area contributed by atoms with E-state index in [4.69, 9.17) is 10.00 Å². The van der Waals surface area contributed by atoms with E-state index in [9.17, 15) is 18.7 Å². The van der Waals surface area contributed by atoms with E-state index in [-0.39, 0.29) is 37.7 Å². The molecule has 0 fully saturated rings. The molecule has 0 bridgehead atoms. The summed E-state index contributed by atoms with van der Waals surface area (Å²) in [6.07, 6.45) is -1.25. The minimum absolute atomic E-state index is 0.0208. The molecule has 2 aliphatic rings. The molecule has 1 amide bonds. The minimum Gasteiger partial charge on any atom is -0.444 e. The van der Waals surface area contributed by atoms with Gasteiger partial charge in [-0.3, -0.25) is 4.68 Å². The normalized spacial score (nSPS) is 26.6. The summed E-state index contributed by atoms with van der Waals surface area (Å²) < 4.78 is 36.5. The lowest BCUT2D eigenvalue weighted by atomic mass is 9.92. The van der Waals surface area contributed by atoms with Crippen molar-refractivity contribution >= 4 is 6.09 Å². The molecule has 3 rings (SSSR count). The molecule has 28 heavy (non-hydrogen) atoms. The van der Waals surface area contributed by atoms with Crippen molar-refractivity contribution in [1.29, 1.82) is 5.26 Å². The smallest absolute Gasteiger partial charge is 0.410 e. The highest BCUT2D eigenvalue weighted by Gasteiger charge is 2.48. The van der Waals surface area contributed by atoms with Crippen molar-refractivity contribution in [3.05, 3.63) is 17.0 Å². The Bertz CT molecular complexity index is 824. The van der Waals surface area contributed by atoms with Crippen molar-refractivity contribution in [3.8, 4) is 6.07 Å². The van der Waals surface area contributed by atoms with Gasteiger partial charge in [0.25, 0.3) is 5.92 Å².